The standard InChI is InChI=1S/C17H24N2O6/c1-4-24-13(22)17(14(23)25-5-2)8-6-7-16-10(17)9-15(3,18-11(16)20)19-12(16)21/h10H,4-9H2,1-3H3,(H,18,20)(H,19,21)/t10-,15?,16?/m1/s1. The lowest BCUT2D eigenvalue weighted by atomic mass is 9.48. The monoisotopic (exact) mass is 352 g/mol. The molecule has 8 nitrogen and oxygen atoms in total. The van der Waals surface area contributed by atoms with E-state index in [1.165, 1.54) is 0 Å². The van der Waals surface area contributed by atoms with Crippen molar-refractivity contribution in [1.29, 1.82) is 0 Å². The molecule has 0 aromatic heterocycles. The highest BCUT2D eigenvalue weighted by atomic mass is 16.6. The van der Waals surface area contributed by atoms with E-state index in [2.05, 4.69) is 10.6 Å². The summed E-state index contributed by atoms with van der Waals surface area (Å²) in [7, 11) is 0. The van der Waals surface area contributed by atoms with Crippen LogP contribution >= 0.6 is 0 Å². The van der Waals surface area contributed by atoms with Gasteiger partial charge >= 0.3 is 11.9 Å². The van der Waals surface area contributed by atoms with E-state index in [0.29, 0.717) is 12.8 Å². The number of carbonyl (C=O) groups excluding carboxylic acids is 4. The molecule has 138 valence electrons. The number of hydrogen-bond acceptors (Lipinski definition) is 6. The van der Waals surface area contributed by atoms with Gasteiger partial charge in [0.15, 0.2) is 5.41 Å². The second kappa shape index (κ2) is 5.71. The molecule has 0 aromatic carbocycles. The lowest BCUT2D eigenvalue weighted by molar-refractivity contribution is -0.201. The Morgan fingerprint density at radius 3 is 2.04 bits per heavy atom. The van der Waals surface area contributed by atoms with Crippen LogP contribution in [-0.2, 0) is 28.7 Å². The maximum atomic E-state index is 12.9. The molecule has 3 saturated heterocycles. The molecule has 3 aliphatic heterocycles. The molecular weight excluding hydrogens is 328 g/mol. The van der Waals surface area contributed by atoms with E-state index in [-0.39, 0.29) is 26.1 Å². The van der Waals surface area contributed by atoms with Crippen LogP contribution in [-0.4, -0.2) is 42.6 Å². The Morgan fingerprint density at radius 2 is 1.56 bits per heavy atom. The molecule has 0 aromatic rings. The minimum Gasteiger partial charge on any atom is -0.465 e. The number of rotatable bonds is 4. The number of nitrogens with one attached hydrogen (secondary N) is 2. The number of amides is 2. The zero-order valence-electron chi connectivity index (χ0n) is 14.8. The van der Waals surface area contributed by atoms with Gasteiger partial charge < -0.3 is 20.1 Å². The van der Waals surface area contributed by atoms with Gasteiger partial charge in [-0.3, -0.25) is 19.2 Å². The summed E-state index contributed by atoms with van der Waals surface area (Å²) in [5.74, 6) is -3.02. The zero-order valence-corrected chi connectivity index (χ0v) is 14.8. The van der Waals surface area contributed by atoms with Gasteiger partial charge in [-0.1, -0.05) is 6.42 Å². The predicted octanol–water partition coefficient (Wildman–Crippen LogP) is 0.251. The smallest absolute Gasteiger partial charge is 0.323 e. The molecular formula is C17H24N2O6. The maximum absolute atomic E-state index is 12.9. The fourth-order valence-electron chi connectivity index (χ4n) is 4.77. The second-order valence-corrected chi connectivity index (χ2v) is 7.23. The Hall–Kier alpha value is -2.12. The molecule has 1 spiro atoms. The molecule has 1 aliphatic carbocycles. The van der Waals surface area contributed by atoms with Crippen molar-refractivity contribution in [2.75, 3.05) is 13.2 Å². The number of piperidine rings is 2. The number of ether oxygens (including phenoxy) is 2. The summed E-state index contributed by atoms with van der Waals surface area (Å²) < 4.78 is 10.4. The Morgan fingerprint density at radius 1 is 1.04 bits per heavy atom. The lowest BCUT2D eigenvalue weighted by Gasteiger charge is -2.60. The van der Waals surface area contributed by atoms with E-state index in [4.69, 9.17) is 9.47 Å². The highest BCUT2D eigenvalue weighted by Gasteiger charge is 2.74. The van der Waals surface area contributed by atoms with E-state index in [0.717, 1.165) is 0 Å². The van der Waals surface area contributed by atoms with Crippen LogP contribution in [0.15, 0.2) is 0 Å². The van der Waals surface area contributed by atoms with E-state index >= 15 is 0 Å². The SMILES string of the molecule is CCOC(=O)C1(C(=O)OCC)CCCC23C(=O)NC(C)(C[C@H]21)NC3=O. The first-order chi connectivity index (χ1) is 11.8. The first-order valence-corrected chi connectivity index (χ1v) is 8.76. The van der Waals surface area contributed by atoms with E-state index in [1.54, 1.807) is 20.8 Å². The van der Waals surface area contributed by atoms with Gasteiger partial charge in [0.1, 0.15) is 11.1 Å². The average Bonchev–Trinajstić information content (AvgIpc) is 2.53. The molecule has 4 aliphatic rings. The first-order valence-electron chi connectivity index (χ1n) is 8.76. The van der Waals surface area contributed by atoms with Gasteiger partial charge in [-0.25, -0.2) is 0 Å². The van der Waals surface area contributed by atoms with Gasteiger partial charge in [-0.05, 0) is 40.0 Å². The topological polar surface area (TPSA) is 111 Å². The summed E-state index contributed by atoms with van der Waals surface area (Å²) in [5.41, 5.74) is -4.04. The second-order valence-electron chi connectivity index (χ2n) is 7.23. The lowest BCUT2D eigenvalue weighted by Crippen LogP contribution is -2.81. The summed E-state index contributed by atoms with van der Waals surface area (Å²) in [6.45, 7) is 5.21. The van der Waals surface area contributed by atoms with Crippen molar-refractivity contribution in [3.8, 4) is 0 Å². The van der Waals surface area contributed by atoms with Crippen LogP contribution in [0.4, 0.5) is 0 Å². The van der Waals surface area contributed by atoms with Crippen molar-refractivity contribution in [2.24, 2.45) is 16.7 Å². The molecule has 1 atom stereocenters. The molecule has 2 bridgehead atoms. The van der Waals surface area contributed by atoms with Crippen LogP contribution in [0.3, 0.4) is 0 Å². The van der Waals surface area contributed by atoms with Gasteiger partial charge in [0.05, 0.1) is 13.2 Å². The molecule has 0 radical (unpaired) electrons. The predicted molar refractivity (Wildman–Crippen MR) is 84.8 cm³/mol. The molecule has 1 saturated carbocycles. The Labute approximate surface area is 146 Å². The first kappa shape index (κ1) is 17.7. The van der Waals surface area contributed by atoms with Gasteiger partial charge in [0, 0.05) is 5.92 Å². The summed E-state index contributed by atoms with van der Waals surface area (Å²) in [6.07, 6.45) is 1.17. The molecule has 25 heavy (non-hydrogen) atoms. The number of esters is 2. The molecule has 2 N–H and O–H groups in total. The summed E-state index contributed by atoms with van der Waals surface area (Å²) >= 11 is 0. The van der Waals surface area contributed by atoms with Gasteiger partial charge in [-0.15, -0.1) is 0 Å². The Bertz CT molecular complexity index is 607. The third-order valence-corrected chi connectivity index (χ3v) is 5.81. The van der Waals surface area contributed by atoms with Crippen molar-refractivity contribution < 1.29 is 28.7 Å². The molecule has 3 heterocycles. The Kier molecular flexibility index (Phi) is 4.04. The quantitative estimate of drug-likeness (QED) is 0.554. The molecule has 8 heteroatoms. The van der Waals surface area contributed by atoms with Crippen LogP contribution < -0.4 is 10.6 Å². The molecule has 2 amide bonds. The van der Waals surface area contributed by atoms with E-state index < -0.39 is 46.2 Å². The Balaban J connectivity index is 2.16. The van der Waals surface area contributed by atoms with Crippen LogP contribution in [0.2, 0.25) is 0 Å². The van der Waals surface area contributed by atoms with Crippen molar-refractivity contribution >= 4 is 23.8 Å². The van der Waals surface area contributed by atoms with Crippen LogP contribution in [0, 0.1) is 16.7 Å². The third-order valence-electron chi connectivity index (χ3n) is 5.81. The van der Waals surface area contributed by atoms with Gasteiger partial charge in [0.25, 0.3) is 0 Å². The molecule has 4 rings (SSSR count). The number of fused-ring (bicyclic) bond motifs is 2. The fourth-order valence-corrected chi connectivity index (χ4v) is 4.77. The van der Waals surface area contributed by atoms with Gasteiger partial charge in [-0.2, -0.15) is 0 Å². The summed E-state index contributed by atoms with van der Waals surface area (Å²) in [6, 6.07) is 0. The van der Waals surface area contributed by atoms with Crippen molar-refractivity contribution in [2.45, 2.75) is 52.1 Å². The highest BCUT2D eigenvalue weighted by Crippen LogP contribution is 2.59. The van der Waals surface area contributed by atoms with Crippen LogP contribution in [0.5, 0.6) is 0 Å². The van der Waals surface area contributed by atoms with Crippen LogP contribution in [0.25, 0.3) is 0 Å². The van der Waals surface area contributed by atoms with Crippen molar-refractivity contribution in [3.63, 3.8) is 0 Å². The van der Waals surface area contributed by atoms with E-state index in [9.17, 15) is 19.2 Å². The van der Waals surface area contributed by atoms with Crippen molar-refractivity contribution in [1.82, 2.24) is 10.6 Å². The van der Waals surface area contributed by atoms with E-state index in [1.807, 2.05) is 0 Å². The molecule has 4 fully saturated rings. The van der Waals surface area contributed by atoms with Crippen molar-refractivity contribution in [3.05, 3.63) is 0 Å². The summed E-state index contributed by atoms with van der Waals surface area (Å²) in [4.78, 5) is 51.4. The largest absolute Gasteiger partial charge is 0.465 e. The van der Waals surface area contributed by atoms with Crippen LogP contribution in [0.1, 0.15) is 46.5 Å². The summed E-state index contributed by atoms with van der Waals surface area (Å²) in [5, 5.41) is 5.63. The third kappa shape index (κ3) is 2.19. The normalized spacial score (nSPS) is 35.2. The number of carbonyl (C=O) groups is 4. The molecule has 0 unspecified atom stereocenters. The van der Waals surface area contributed by atoms with Gasteiger partial charge in [0.2, 0.25) is 11.8 Å². The minimum atomic E-state index is -1.62. The maximum Gasteiger partial charge on any atom is 0.323 e. The zero-order chi connectivity index (χ0) is 18.5. The highest BCUT2D eigenvalue weighted by molar-refractivity contribution is 6.12. The number of hydrogen-bond donors (Lipinski definition) is 2. The fraction of sp³-hybridized carbons (Fsp3) is 0.765. The average molecular weight is 352 g/mol. The minimum absolute atomic E-state index is 0.107.